The van der Waals surface area contributed by atoms with Gasteiger partial charge in [-0.05, 0) is 6.42 Å². The number of hydrogen-bond donors (Lipinski definition) is 0. The molecular weight excluding hydrogens is 282 g/mol. The Morgan fingerprint density at radius 3 is 2.90 bits per heavy atom. The molecule has 1 unspecified atom stereocenters. The Kier molecular flexibility index (Phi) is 5.40. The van der Waals surface area contributed by atoms with Crippen LogP contribution in [-0.4, -0.2) is 53.0 Å². The molecule has 0 saturated carbocycles. The molecule has 0 aromatic carbocycles. The van der Waals surface area contributed by atoms with Crippen LogP contribution in [0.2, 0.25) is 0 Å². The molecule has 0 radical (unpaired) electrons. The van der Waals surface area contributed by atoms with Crippen LogP contribution < -0.4 is 9.47 Å². The van der Waals surface area contributed by atoms with Crippen LogP contribution in [0.15, 0.2) is 12.4 Å². The Labute approximate surface area is 123 Å². The van der Waals surface area contributed by atoms with E-state index in [4.69, 9.17) is 21.1 Å². The lowest BCUT2D eigenvalue weighted by Crippen LogP contribution is -2.30. The summed E-state index contributed by atoms with van der Waals surface area (Å²) in [7, 11) is 1.52. The van der Waals surface area contributed by atoms with Crippen LogP contribution >= 0.6 is 11.6 Å². The normalized spacial score (nSPS) is 18.1. The highest BCUT2D eigenvalue weighted by Crippen LogP contribution is 2.24. The number of hydrogen-bond acceptors (Lipinski definition) is 5. The van der Waals surface area contributed by atoms with Gasteiger partial charge in [0.15, 0.2) is 0 Å². The number of ether oxygens (including phenoxy) is 2. The van der Waals surface area contributed by atoms with Crippen LogP contribution in [0.5, 0.6) is 11.8 Å². The van der Waals surface area contributed by atoms with Crippen molar-refractivity contribution in [2.24, 2.45) is 0 Å². The minimum absolute atomic E-state index is 0.0689. The predicted octanol–water partition coefficient (Wildman–Crippen LogP) is 1.48. The minimum Gasteiger partial charge on any atom is -0.477 e. The van der Waals surface area contributed by atoms with Gasteiger partial charge in [-0.3, -0.25) is 4.79 Å². The maximum atomic E-state index is 11.9. The van der Waals surface area contributed by atoms with Crippen molar-refractivity contribution in [1.82, 2.24) is 14.9 Å². The smallest absolute Gasteiger partial charge is 0.278 e. The highest BCUT2D eigenvalue weighted by atomic mass is 35.5. The second kappa shape index (κ2) is 7.28. The van der Waals surface area contributed by atoms with Crippen LogP contribution in [-0.2, 0) is 4.79 Å². The first-order valence-corrected chi connectivity index (χ1v) is 7.13. The van der Waals surface area contributed by atoms with Crippen molar-refractivity contribution in [2.45, 2.75) is 25.4 Å². The van der Waals surface area contributed by atoms with Crippen molar-refractivity contribution in [3.63, 3.8) is 0 Å². The first-order chi connectivity index (χ1) is 9.74. The van der Waals surface area contributed by atoms with Gasteiger partial charge < -0.3 is 14.4 Å². The third-order valence-electron chi connectivity index (χ3n) is 3.13. The molecule has 1 aliphatic heterocycles. The number of rotatable bonds is 6. The standard InChI is InChI=1S/C13H18ClN3O3/c1-19-12-13(16-7-6-15-12)20-10-4-8-17(9-10)11(18)3-2-5-14/h6-7,10H,2-5,8-9H2,1H3. The molecule has 2 heterocycles. The lowest BCUT2D eigenvalue weighted by Gasteiger charge is -2.17. The highest BCUT2D eigenvalue weighted by Gasteiger charge is 2.28. The Balaban J connectivity index is 1.88. The van der Waals surface area contributed by atoms with Gasteiger partial charge in [-0.25, -0.2) is 9.97 Å². The summed E-state index contributed by atoms with van der Waals surface area (Å²) < 4.78 is 10.9. The molecule has 2 rings (SSSR count). The molecule has 1 atom stereocenters. The number of halogens is 1. The Morgan fingerprint density at radius 1 is 1.45 bits per heavy atom. The molecule has 1 amide bonds. The van der Waals surface area contributed by atoms with Gasteiger partial charge in [0.25, 0.3) is 11.8 Å². The fraction of sp³-hybridized carbons (Fsp3) is 0.615. The molecule has 1 fully saturated rings. The van der Waals surface area contributed by atoms with Gasteiger partial charge >= 0.3 is 0 Å². The lowest BCUT2D eigenvalue weighted by molar-refractivity contribution is -0.130. The van der Waals surface area contributed by atoms with Gasteiger partial charge in [-0.1, -0.05) is 0 Å². The maximum Gasteiger partial charge on any atom is 0.278 e. The van der Waals surface area contributed by atoms with E-state index in [-0.39, 0.29) is 12.0 Å². The van der Waals surface area contributed by atoms with Gasteiger partial charge in [-0.15, -0.1) is 11.6 Å². The van der Waals surface area contributed by atoms with Gasteiger partial charge in [0.1, 0.15) is 6.10 Å². The first-order valence-electron chi connectivity index (χ1n) is 6.60. The minimum atomic E-state index is -0.0689. The SMILES string of the molecule is COc1nccnc1OC1CCN(C(=O)CCCCl)C1. The summed E-state index contributed by atoms with van der Waals surface area (Å²) in [6.07, 6.45) is 5.01. The Morgan fingerprint density at radius 2 is 2.20 bits per heavy atom. The quantitative estimate of drug-likeness (QED) is 0.745. The van der Waals surface area contributed by atoms with Gasteiger partial charge in [0, 0.05) is 37.7 Å². The van der Waals surface area contributed by atoms with Crippen LogP contribution in [0.1, 0.15) is 19.3 Å². The van der Waals surface area contributed by atoms with E-state index < -0.39 is 0 Å². The largest absolute Gasteiger partial charge is 0.477 e. The summed E-state index contributed by atoms with van der Waals surface area (Å²) >= 11 is 5.60. The van der Waals surface area contributed by atoms with E-state index in [1.807, 2.05) is 0 Å². The highest BCUT2D eigenvalue weighted by molar-refractivity contribution is 6.17. The summed E-state index contributed by atoms with van der Waals surface area (Å²) in [5.74, 6) is 1.37. The summed E-state index contributed by atoms with van der Waals surface area (Å²) in [4.78, 5) is 21.8. The first kappa shape index (κ1) is 14.8. The zero-order chi connectivity index (χ0) is 14.4. The zero-order valence-electron chi connectivity index (χ0n) is 11.4. The fourth-order valence-corrected chi connectivity index (χ4v) is 2.25. The van der Waals surface area contributed by atoms with Crippen molar-refractivity contribution in [3.8, 4) is 11.8 Å². The molecular formula is C13H18ClN3O3. The number of aromatic nitrogens is 2. The third-order valence-corrected chi connectivity index (χ3v) is 3.39. The molecule has 110 valence electrons. The molecule has 1 saturated heterocycles. The van der Waals surface area contributed by atoms with Crippen molar-refractivity contribution >= 4 is 17.5 Å². The van der Waals surface area contributed by atoms with Gasteiger partial charge in [-0.2, -0.15) is 0 Å². The summed E-state index contributed by atoms with van der Waals surface area (Å²) in [5.41, 5.74) is 0. The van der Waals surface area contributed by atoms with E-state index >= 15 is 0 Å². The molecule has 0 N–H and O–H groups in total. The number of amides is 1. The monoisotopic (exact) mass is 299 g/mol. The van der Waals surface area contributed by atoms with Crippen LogP contribution in [0.4, 0.5) is 0 Å². The second-order valence-corrected chi connectivity index (χ2v) is 4.91. The van der Waals surface area contributed by atoms with Crippen LogP contribution in [0, 0.1) is 0 Å². The number of methoxy groups -OCH3 is 1. The molecule has 0 aliphatic carbocycles. The van der Waals surface area contributed by atoms with E-state index in [2.05, 4.69) is 9.97 Å². The molecule has 7 heteroatoms. The van der Waals surface area contributed by atoms with E-state index in [1.54, 1.807) is 17.3 Å². The van der Waals surface area contributed by atoms with E-state index in [9.17, 15) is 4.79 Å². The number of likely N-dealkylation sites (tertiary alicyclic amines) is 1. The van der Waals surface area contributed by atoms with Crippen LogP contribution in [0.25, 0.3) is 0 Å². The van der Waals surface area contributed by atoms with E-state index in [0.717, 1.165) is 6.42 Å². The number of nitrogens with zero attached hydrogens (tertiary/aromatic N) is 3. The summed E-state index contributed by atoms with van der Waals surface area (Å²) in [5, 5.41) is 0. The topological polar surface area (TPSA) is 64.6 Å². The van der Waals surface area contributed by atoms with Gasteiger partial charge in [0.05, 0.1) is 13.7 Å². The Bertz CT molecular complexity index is 458. The van der Waals surface area contributed by atoms with Crippen molar-refractivity contribution in [2.75, 3.05) is 26.1 Å². The lowest BCUT2D eigenvalue weighted by atomic mass is 10.3. The molecule has 6 nitrogen and oxygen atoms in total. The number of alkyl halides is 1. The molecule has 0 bridgehead atoms. The number of carbonyl (C=O) groups excluding carboxylic acids is 1. The third kappa shape index (κ3) is 3.72. The number of carbonyl (C=O) groups is 1. The maximum absolute atomic E-state index is 11.9. The van der Waals surface area contributed by atoms with Crippen molar-refractivity contribution in [1.29, 1.82) is 0 Å². The van der Waals surface area contributed by atoms with E-state index in [0.29, 0.717) is 43.6 Å². The average molecular weight is 300 g/mol. The van der Waals surface area contributed by atoms with Crippen molar-refractivity contribution in [3.05, 3.63) is 12.4 Å². The van der Waals surface area contributed by atoms with Crippen molar-refractivity contribution < 1.29 is 14.3 Å². The second-order valence-electron chi connectivity index (χ2n) is 4.53. The summed E-state index contributed by atoms with van der Waals surface area (Å²) in [6.45, 7) is 1.27. The average Bonchev–Trinajstić information content (AvgIpc) is 2.94. The molecule has 1 aromatic heterocycles. The summed E-state index contributed by atoms with van der Waals surface area (Å²) in [6, 6.07) is 0. The molecule has 20 heavy (non-hydrogen) atoms. The predicted molar refractivity (Wildman–Crippen MR) is 74.2 cm³/mol. The Hall–Kier alpha value is -1.56. The zero-order valence-corrected chi connectivity index (χ0v) is 12.2. The van der Waals surface area contributed by atoms with Gasteiger partial charge in [0.2, 0.25) is 5.91 Å². The fourth-order valence-electron chi connectivity index (χ4n) is 2.12. The molecule has 1 aliphatic rings. The van der Waals surface area contributed by atoms with Crippen LogP contribution in [0.3, 0.4) is 0 Å². The molecule has 0 spiro atoms. The molecule has 1 aromatic rings. The van der Waals surface area contributed by atoms with E-state index in [1.165, 1.54) is 7.11 Å².